The van der Waals surface area contributed by atoms with Crippen molar-refractivity contribution < 1.29 is 14.0 Å². The first-order valence-electron chi connectivity index (χ1n) is 11.0. The van der Waals surface area contributed by atoms with Gasteiger partial charge in [0.15, 0.2) is 5.13 Å². The molecule has 3 aromatic rings. The third kappa shape index (κ3) is 5.37. The van der Waals surface area contributed by atoms with E-state index in [1.54, 1.807) is 23.6 Å². The molecule has 33 heavy (non-hydrogen) atoms. The summed E-state index contributed by atoms with van der Waals surface area (Å²) < 4.78 is 14.2. The summed E-state index contributed by atoms with van der Waals surface area (Å²) in [5.41, 5.74) is 4.56. The van der Waals surface area contributed by atoms with Crippen LogP contribution in [0.3, 0.4) is 0 Å². The summed E-state index contributed by atoms with van der Waals surface area (Å²) in [6.45, 7) is 3.33. The zero-order chi connectivity index (χ0) is 23.4. The number of carbonyl (C=O) groups excluding carboxylic acids is 2. The Hall–Kier alpha value is -3.32. The SMILES string of the molecule is CC(=O)N(c1nc(/C=C/C(=O)NC(C)c2ccc3c(c2)CCCC3)cs1)c1ccccc1F. The van der Waals surface area contributed by atoms with Crippen LogP contribution in [-0.4, -0.2) is 16.8 Å². The molecule has 1 heterocycles. The van der Waals surface area contributed by atoms with E-state index in [2.05, 4.69) is 28.5 Å². The molecule has 1 N–H and O–H groups in total. The van der Waals surface area contributed by atoms with Crippen molar-refractivity contribution in [3.63, 3.8) is 0 Å². The minimum atomic E-state index is -0.504. The highest BCUT2D eigenvalue weighted by molar-refractivity contribution is 7.14. The first-order chi connectivity index (χ1) is 15.9. The van der Waals surface area contributed by atoms with Crippen LogP contribution in [0, 0.1) is 5.82 Å². The van der Waals surface area contributed by atoms with E-state index in [0.29, 0.717) is 10.8 Å². The van der Waals surface area contributed by atoms with E-state index in [-0.39, 0.29) is 23.5 Å². The largest absolute Gasteiger partial charge is 0.346 e. The molecule has 0 saturated heterocycles. The number of nitrogens with one attached hydrogen (secondary N) is 1. The van der Waals surface area contributed by atoms with Crippen LogP contribution in [0.4, 0.5) is 15.2 Å². The molecule has 1 aromatic heterocycles. The van der Waals surface area contributed by atoms with Gasteiger partial charge in [-0.15, -0.1) is 11.3 Å². The van der Waals surface area contributed by atoms with E-state index in [9.17, 15) is 14.0 Å². The minimum Gasteiger partial charge on any atom is -0.346 e. The molecule has 1 unspecified atom stereocenters. The van der Waals surface area contributed by atoms with Gasteiger partial charge in [-0.3, -0.25) is 14.5 Å². The molecule has 4 rings (SSSR count). The fraction of sp³-hybridized carbons (Fsp3) is 0.269. The number of benzene rings is 2. The van der Waals surface area contributed by atoms with Gasteiger partial charge in [0.1, 0.15) is 5.82 Å². The maximum absolute atomic E-state index is 14.2. The van der Waals surface area contributed by atoms with E-state index >= 15 is 0 Å². The monoisotopic (exact) mass is 463 g/mol. The predicted molar refractivity (Wildman–Crippen MR) is 130 cm³/mol. The summed E-state index contributed by atoms with van der Waals surface area (Å²) in [6, 6.07) is 12.4. The molecular formula is C26H26FN3O2S. The van der Waals surface area contributed by atoms with E-state index in [0.717, 1.165) is 18.4 Å². The molecule has 2 aromatic carbocycles. The molecule has 170 valence electrons. The molecule has 1 atom stereocenters. The number of rotatable bonds is 6. The van der Waals surface area contributed by atoms with Crippen LogP contribution in [0.2, 0.25) is 0 Å². The first kappa shape index (κ1) is 22.9. The molecule has 5 nitrogen and oxygen atoms in total. The summed E-state index contributed by atoms with van der Waals surface area (Å²) in [7, 11) is 0. The van der Waals surface area contributed by atoms with Gasteiger partial charge < -0.3 is 5.32 Å². The van der Waals surface area contributed by atoms with E-state index in [1.165, 1.54) is 65.3 Å². The summed E-state index contributed by atoms with van der Waals surface area (Å²) >= 11 is 1.21. The number of hydrogen-bond acceptors (Lipinski definition) is 4. The summed E-state index contributed by atoms with van der Waals surface area (Å²) in [5, 5.41) is 5.06. The lowest BCUT2D eigenvalue weighted by atomic mass is 9.89. The normalized spacial score (nSPS) is 14.0. The Morgan fingerprint density at radius 3 is 2.67 bits per heavy atom. The topological polar surface area (TPSA) is 62.3 Å². The van der Waals surface area contributed by atoms with Crippen molar-refractivity contribution in [1.82, 2.24) is 10.3 Å². The molecule has 7 heteroatoms. The highest BCUT2D eigenvalue weighted by Crippen LogP contribution is 2.31. The first-order valence-corrected chi connectivity index (χ1v) is 11.9. The Morgan fingerprint density at radius 1 is 1.15 bits per heavy atom. The third-order valence-corrected chi connectivity index (χ3v) is 6.59. The summed E-state index contributed by atoms with van der Waals surface area (Å²) in [5.74, 6) is -1.08. The van der Waals surface area contributed by atoms with Crippen LogP contribution in [0.5, 0.6) is 0 Å². The van der Waals surface area contributed by atoms with Gasteiger partial charge in [-0.25, -0.2) is 9.37 Å². The van der Waals surface area contributed by atoms with Crippen molar-refractivity contribution in [2.45, 2.75) is 45.6 Å². The van der Waals surface area contributed by atoms with Crippen molar-refractivity contribution >= 4 is 40.0 Å². The lowest BCUT2D eigenvalue weighted by molar-refractivity contribution is -0.117. The highest BCUT2D eigenvalue weighted by Gasteiger charge is 2.20. The number of aromatic nitrogens is 1. The van der Waals surface area contributed by atoms with Crippen LogP contribution in [0.25, 0.3) is 6.08 Å². The molecule has 0 saturated carbocycles. The van der Waals surface area contributed by atoms with Crippen molar-refractivity contribution in [2.24, 2.45) is 0 Å². The molecule has 1 aliphatic rings. The molecule has 0 fully saturated rings. The third-order valence-electron chi connectivity index (χ3n) is 5.75. The minimum absolute atomic E-state index is 0.116. The van der Waals surface area contributed by atoms with Crippen LogP contribution < -0.4 is 10.2 Å². The number of halogens is 1. The molecule has 0 aliphatic heterocycles. The summed E-state index contributed by atoms with van der Waals surface area (Å²) in [4.78, 5) is 30.3. The number of thiazole rings is 1. The quantitative estimate of drug-likeness (QED) is 0.475. The van der Waals surface area contributed by atoms with E-state index in [1.807, 2.05) is 6.92 Å². The highest BCUT2D eigenvalue weighted by atomic mass is 32.1. The van der Waals surface area contributed by atoms with Crippen LogP contribution in [-0.2, 0) is 22.4 Å². The van der Waals surface area contributed by atoms with Gasteiger partial charge >= 0.3 is 0 Å². The zero-order valence-corrected chi connectivity index (χ0v) is 19.5. The maximum Gasteiger partial charge on any atom is 0.244 e. The molecule has 0 spiro atoms. The van der Waals surface area contributed by atoms with Crippen molar-refractivity contribution in [3.8, 4) is 0 Å². The van der Waals surface area contributed by atoms with Crippen molar-refractivity contribution in [3.05, 3.63) is 82.1 Å². The summed E-state index contributed by atoms with van der Waals surface area (Å²) in [6.07, 6.45) is 7.70. The second kappa shape index (κ2) is 10.1. The Balaban J connectivity index is 1.43. The molecule has 0 radical (unpaired) electrons. The van der Waals surface area contributed by atoms with Gasteiger partial charge in [0, 0.05) is 18.4 Å². The number of nitrogens with zero attached hydrogens (tertiary/aromatic N) is 2. The van der Waals surface area contributed by atoms with Gasteiger partial charge in [0.05, 0.1) is 17.4 Å². The van der Waals surface area contributed by atoms with Crippen molar-refractivity contribution in [2.75, 3.05) is 4.90 Å². The predicted octanol–water partition coefficient (Wildman–Crippen LogP) is 5.74. The molecule has 2 amide bonds. The van der Waals surface area contributed by atoms with Crippen LogP contribution >= 0.6 is 11.3 Å². The van der Waals surface area contributed by atoms with Crippen molar-refractivity contribution in [1.29, 1.82) is 0 Å². The van der Waals surface area contributed by atoms with Gasteiger partial charge in [-0.2, -0.15) is 0 Å². The fourth-order valence-corrected chi connectivity index (χ4v) is 4.87. The molecular weight excluding hydrogens is 437 g/mol. The number of amides is 2. The van der Waals surface area contributed by atoms with E-state index < -0.39 is 5.82 Å². The standard InChI is InChI=1S/C26H26FN3O2S/c1-17(20-12-11-19-7-3-4-8-21(19)15-20)28-25(32)14-13-22-16-33-26(29-22)30(18(2)31)24-10-6-5-9-23(24)27/h5-6,9-17H,3-4,7-8H2,1-2H3,(H,28,32)/b14-13+. The lowest BCUT2D eigenvalue weighted by Crippen LogP contribution is -2.25. The maximum atomic E-state index is 14.2. The number of anilines is 2. The lowest BCUT2D eigenvalue weighted by Gasteiger charge is -2.19. The smallest absolute Gasteiger partial charge is 0.244 e. The number of hydrogen-bond donors (Lipinski definition) is 1. The zero-order valence-electron chi connectivity index (χ0n) is 18.7. The van der Waals surface area contributed by atoms with Gasteiger partial charge in [-0.1, -0.05) is 30.3 Å². The average molecular weight is 464 g/mol. The Morgan fingerprint density at radius 2 is 1.91 bits per heavy atom. The second-order valence-corrected chi connectivity index (χ2v) is 9.00. The average Bonchev–Trinajstić information content (AvgIpc) is 3.27. The second-order valence-electron chi connectivity index (χ2n) is 8.16. The number of para-hydroxylation sites is 1. The Bertz CT molecular complexity index is 1200. The van der Waals surface area contributed by atoms with E-state index in [4.69, 9.17) is 0 Å². The van der Waals surface area contributed by atoms with Crippen LogP contribution in [0.15, 0.2) is 53.9 Å². The van der Waals surface area contributed by atoms with Gasteiger partial charge in [0.25, 0.3) is 0 Å². The molecule has 0 bridgehead atoms. The fourth-order valence-electron chi connectivity index (χ4n) is 4.02. The van der Waals surface area contributed by atoms with Gasteiger partial charge in [0.2, 0.25) is 11.8 Å². The Kier molecular flexibility index (Phi) is 6.99. The number of fused-ring (bicyclic) bond motifs is 1. The number of aryl methyl sites for hydroxylation is 2. The molecule has 1 aliphatic carbocycles. The van der Waals surface area contributed by atoms with Gasteiger partial charge in [-0.05, 0) is 67.5 Å². The number of carbonyl (C=O) groups is 2. The van der Waals surface area contributed by atoms with Crippen LogP contribution in [0.1, 0.15) is 55.1 Å². The Labute approximate surface area is 197 Å².